The second-order valence-corrected chi connectivity index (χ2v) is 5.70. The summed E-state index contributed by atoms with van der Waals surface area (Å²) in [6.07, 6.45) is 0. The van der Waals surface area contributed by atoms with Crippen LogP contribution < -0.4 is 10.6 Å². The van der Waals surface area contributed by atoms with E-state index >= 15 is 0 Å². The molecule has 0 aliphatic heterocycles. The number of hydrogen-bond acceptors (Lipinski definition) is 2. The number of aryl methyl sites for hydroxylation is 2. The molecule has 0 radical (unpaired) electrons. The fourth-order valence-electron chi connectivity index (χ4n) is 1.94. The Morgan fingerprint density at radius 2 is 1.89 bits per heavy atom. The van der Waals surface area contributed by atoms with E-state index in [1.165, 1.54) is 0 Å². The van der Waals surface area contributed by atoms with Gasteiger partial charge in [-0.05, 0) is 37.9 Å². The van der Waals surface area contributed by atoms with Gasteiger partial charge in [0.25, 0.3) is 5.91 Å². The lowest BCUT2D eigenvalue weighted by molar-refractivity contribution is 0.0936. The van der Waals surface area contributed by atoms with Gasteiger partial charge < -0.3 is 10.6 Å². The third-order valence-corrected chi connectivity index (χ3v) is 3.02. The van der Waals surface area contributed by atoms with Crippen LogP contribution in [0, 0.1) is 19.3 Å². The van der Waals surface area contributed by atoms with Gasteiger partial charge >= 0.3 is 0 Å². The van der Waals surface area contributed by atoms with Gasteiger partial charge in [0, 0.05) is 18.7 Å². The molecule has 0 aliphatic carbocycles. The first-order valence-electron chi connectivity index (χ1n) is 6.36. The van der Waals surface area contributed by atoms with Crippen molar-refractivity contribution in [1.29, 1.82) is 0 Å². The molecule has 0 spiro atoms. The van der Waals surface area contributed by atoms with Crippen molar-refractivity contribution in [3.63, 3.8) is 0 Å². The molecule has 2 N–H and O–H groups in total. The molecule has 1 rings (SSSR count). The van der Waals surface area contributed by atoms with Crippen LogP contribution in [0.1, 0.15) is 35.3 Å². The van der Waals surface area contributed by atoms with E-state index in [2.05, 4.69) is 24.5 Å². The van der Waals surface area contributed by atoms with Crippen LogP contribution in [0.2, 0.25) is 0 Å². The fourth-order valence-corrected chi connectivity index (χ4v) is 1.94. The summed E-state index contributed by atoms with van der Waals surface area (Å²) in [7, 11) is 1.92. The lowest BCUT2D eigenvalue weighted by Gasteiger charge is -2.24. The Labute approximate surface area is 110 Å². The van der Waals surface area contributed by atoms with Gasteiger partial charge in [-0.2, -0.15) is 0 Å². The van der Waals surface area contributed by atoms with Crippen molar-refractivity contribution in [3.05, 3.63) is 34.9 Å². The van der Waals surface area contributed by atoms with Crippen LogP contribution in [0.3, 0.4) is 0 Å². The van der Waals surface area contributed by atoms with Gasteiger partial charge in [0.1, 0.15) is 0 Å². The van der Waals surface area contributed by atoms with Crippen molar-refractivity contribution < 1.29 is 4.79 Å². The Morgan fingerprint density at radius 3 is 2.50 bits per heavy atom. The molecule has 3 nitrogen and oxygen atoms in total. The number of carbonyl (C=O) groups is 1. The maximum Gasteiger partial charge on any atom is 0.251 e. The van der Waals surface area contributed by atoms with E-state index in [0.29, 0.717) is 6.54 Å². The minimum atomic E-state index is 0.0142. The number of amides is 1. The van der Waals surface area contributed by atoms with Gasteiger partial charge in [0.2, 0.25) is 0 Å². The molecule has 0 saturated carbocycles. The van der Waals surface area contributed by atoms with Crippen LogP contribution in [-0.4, -0.2) is 26.0 Å². The van der Waals surface area contributed by atoms with Crippen LogP contribution >= 0.6 is 0 Å². The minimum Gasteiger partial charge on any atom is -0.351 e. The van der Waals surface area contributed by atoms with Gasteiger partial charge in [0.15, 0.2) is 0 Å². The fraction of sp³-hybridized carbons (Fsp3) is 0.533. The average Bonchev–Trinajstić information content (AvgIpc) is 2.29. The highest BCUT2D eigenvalue weighted by Crippen LogP contribution is 2.14. The minimum absolute atomic E-state index is 0.0142. The second-order valence-electron chi connectivity index (χ2n) is 5.70. The highest BCUT2D eigenvalue weighted by molar-refractivity contribution is 5.95. The van der Waals surface area contributed by atoms with E-state index in [4.69, 9.17) is 0 Å². The molecule has 0 aliphatic rings. The molecule has 100 valence electrons. The lowest BCUT2D eigenvalue weighted by Crippen LogP contribution is -2.39. The molecule has 0 aromatic heterocycles. The summed E-state index contributed by atoms with van der Waals surface area (Å²) in [5.74, 6) is 0.0142. The summed E-state index contributed by atoms with van der Waals surface area (Å²) in [6.45, 7) is 9.77. The Balaban J connectivity index is 2.69. The molecule has 0 atom stereocenters. The van der Waals surface area contributed by atoms with E-state index in [1.54, 1.807) is 0 Å². The van der Waals surface area contributed by atoms with E-state index in [9.17, 15) is 4.79 Å². The van der Waals surface area contributed by atoms with Crippen molar-refractivity contribution in [2.45, 2.75) is 27.7 Å². The average molecular weight is 248 g/mol. The third kappa shape index (κ3) is 4.15. The molecule has 3 heteroatoms. The van der Waals surface area contributed by atoms with Crippen LogP contribution in [0.15, 0.2) is 18.2 Å². The maximum atomic E-state index is 12.1. The lowest BCUT2D eigenvalue weighted by atomic mass is 9.93. The first-order chi connectivity index (χ1) is 8.35. The molecule has 18 heavy (non-hydrogen) atoms. The molecular formula is C15H24N2O. The molecule has 0 saturated heterocycles. The third-order valence-electron chi connectivity index (χ3n) is 3.02. The molecule has 0 heterocycles. The van der Waals surface area contributed by atoms with Gasteiger partial charge in [0.05, 0.1) is 0 Å². The smallest absolute Gasteiger partial charge is 0.251 e. The highest BCUT2D eigenvalue weighted by Gasteiger charge is 2.18. The Bertz CT molecular complexity index is 425. The molecule has 0 bridgehead atoms. The van der Waals surface area contributed by atoms with E-state index in [0.717, 1.165) is 23.2 Å². The van der Waals surface area contributed by atoms with Crippen LogP contribution in [0.25, 0.3) is 0 Å². The van der Waals surface area contributed by atoms with Gasteiger partial charge in [-0.15, -0.1) is 0 Å². The zero-order valence-corrected chi connectivity index (χ0v) is 12.1. The standard InChI is InChI=1S/C15H24N2O/c1-11-6-7-12(2)13(8-11)14(18)17-10-15(3,4)9-16-5/h6-8,16H,9-10H2,1-5H3,(H,17,18). The maximum absolute atomic E-state index is 12.1. The summed E-state index contributed by atoms with van der Waals surface area (Å²) in [5.41, 5.74) is 2.96. The Hall–Kier alpha value is -1.35. The monoisotopic (exact) mass is 248 g/mol. The van der Waals surface area contributed by atoms with Crippen molar-refractivity contribution in [2.75, 3.05) is 20.1 Å². The van der Waals surface area contributed by atoms with Crippen LogP contribution in [0.4, 0.5) is 0 Å². The molecule has 1 aromatic rings. The summed E-state index contributed by atoms with van der Waals surface area (Å²) in [6, 6.07) is 5.95. The molecule has 0 fully saturated rings. The van der Waals surface area contributed by atoms with Crippen molar-refractivity contribution >= 4 is 5.91 Å². The summed E-state index contributed by atoms with van der Waals surface area (Å²) in [5, 5.41) is 6.15. The van der Waals surface area contributed by atoms with E-state index in [1.807, 2.05) is 39.1 Å². The first-order valence-corrected chi connectivity index (χ1v) is 6.36. The molecule has 1 amide bonds. The van der Waals surface area contributed by atoms with Gasteiger partial charge in [-0.3, -0.25) is 4.79 Å². The van der Waals surface area contributed by atoms with E-state index < -0.39 is 0 Å². The summed E-state index contributed by atoms with van der Waals surface area (Å²) < 4.78 is 0. The van der Waals surface area contributed by atoms with Crippen molar-refractivity contribution in [3.8, 4) is 0 Å². The first kappa shape index (κ1) is 14.7. The summed E-state index contributed by atoms with van der Waals surface area (Å²) in [4.78, 5) is 12.1. The van der Waals surface area contributed by atoms with Crippen LogP contribution in [-0.2, 0) is 0 Å². The SMILES string of the molecule is CNCC(C)(C)CNC(=O)c1cc(C)ccc1C. The molecule has 0 unspecified atom stereocenters. The molecular weight excluding hydrogens is 224 g/mol. The normalized spacial score (nSPS) is 11.4. The second kappa shape index (κ2) is 6.01. The zero-order chi connectivity index (χ0) is 13.8. The largest absolute Gasteiger partial charge is 0.351 e. The summed E-state index contributed by atoms with van der Waals surface area (Å²) >= 11 is 0. The quantitative estimate of drug-likeness (QED) is 0.839. The Kier molecular flexibility index (Phi) is 4.91. The van der Waals surface area contributed by atoms with Crippen LogP contribution in [0.5, 0.6) is 0 Å². The number of rotatable bonds is 5. The van der Waals surface area contributed by atoms with E-state index in [-0.39, 0.29) is 11.3 Å². The van der Waals surface area contributed by atoms with Gasteiger partial charge in [-0.25, -0.2) is 0 Å². The molecule has 1 aromatic carbocycles. The van der Waals surface area contributed by atoms with Gasteiger partial charge in [-0.1, -0.05) is 31.5 Å². The number of carbonyl (C=O) groups excluding carboxylic acids is 1. The predicted octanol–water partition coefficient (Wildman–Crippen LogP) is 2.28. The zero-order valence-electron chi connectivity index (χ0n) is 12.1. The number of benzene rings is 1. The highest BCUT2D eigenvalue weighted by atomic mass is 16.1. The number of nitrogens with one attached hydrogen (secondary N) is 2. The van der Waals surface area contributed by atoms with Crippen molar-refractivity contribution in [2.24, 2.45) is 5.41 Å². The van der Waals surface area contributed by atoms with Crippen molar-refractivity contribution in [1.82, 2.24) is 10.6 Å². The topological polar surface area (TPSA) is 41.1 Å². The predicted molar refractivity (Wildman–Crippen MR) is 76.0 cm³/mol. The number of hydrogen-bond donors (Lipinski definition) is 2. The Morgan fingerprint density at radius 1 is 1.22 bits per heavy atom.